The van der Waals surface area contributed by atoms with E-state index >= 15 is 0 Å². The molecule has 5 nitrogen and oxygen atoms in total. The first kappa shape index (κ1) is 17.4. The Bertz CT molecular complexity index is 496. The van der Waals surface area contributed by atoms with E-state index in [0.29, 0.717) is 6.54 Å². The van der Waals surface area contributed by atoms with Gasteiger partial charge in [0.2, 0.25) is 0 Å². The average Bonchev–Trinajstić information content (AvgIpc) is 2.82. The summed E-state index contributed by atoms with van der Waals surface area (Å²) in [5.41, 5.74) is 0.124. The van der Waals surface area contributed by atoms with Crippen molar-refractivity contribution in [2.24, 2.45) is 0 Å². The van der Waals surface area contributed by atoms with Gasteiger partial charge < -0.3 is 4.74 Å². The molecule has 1 aromatic rings. The molecule has 1 aromatic heterocycles. The molecular formula is C16H27N3O2S. The van der Waals surface area contributed by atoms with E-state index in [9.17, 15) is 4.79 Å². The van der Waals surface area contributed by atoms with Crippen molar-refractivity contribution >= 4 is 17.3 Å². The molecule has 2 heterocycles. The number of hydrogen-bond acceptors (Lipinski definition) is 6. The van der Waals surface area contributed by atoms with Crippen molar-refractivity contribution in [3.63, 3.8) is 0 Å². The highest BCUT2D eigenvalue weighted by molar-refractivity contribution is 7.11. The monoisotopic (exact) mass is 325 g/mol. The van der Waals surface area contributed by atoms with E-state index in [4.69, 9.17) is 4.74 Å². The number of carbonyl (C=O) groups is 1. The van der Waals surface area contributed by atoms with Crippen LogP contribution < -0.4 is 0 Å². The van der Waals surface area contributed by atoms with Crippen LogP contribution in [0.1, 0.15) is 37.1 Å². The molecule has 0 bridgehead atoms. The molecule has 124 valence electrons. The lowest BCUT2D eigenvalue weighted by Gasteiger charge is -2.20. The number of methoxy groups -OCH3 is 1. The molecule has 0 saturated carbocycles. The first-order valence-electron chi connectivity index (χ1n) is 7.85. The van der Waals surface area contributed by atoms with Crippen LogP contribution in [0.3, 0.4) is 0 Å². The normalized spacial score (nSPS) is 18.2. The van der Waals surface area contributed by atoms with Crippen LogP contribution in [0.2, 0.25) is 0 Å². The lowest BCUT2D eigenvalue weighted by Crippen LogP contribution is -2.34. The fraction of sp³-hybridized carbons (Fsp3) is 0.750. The van der Waals surface area contributed by atoms with Gasteiger partial charge in [-0.05, 0) is 13.0 Å². The maximum absolute atomic E-state index is 11.4. The molecule has 1 saturated heterocycles. The van der Waals surface area contributed by atoms with E-state index in [0.717, 1.165) is 39.1 Å². The molecule has 0 radical (unpaired) electrons. The smallest absolute Gasteiger partial charge is 0.319 e. The summed E-state index contributed by atoms with van der Waals surface area (Å²) in [6.45, 7) is 11.9. The molecule has 0 N–H and O–H groups in total. The van der Waals surface area contributed by atoms with Crippen molar-refractivity contribution < 1.29 is 9.53 Å². The fourth-order valence-electron chi connectivity index (χ4n) is 2.54. The van der Waals surface area contributed by atoms with Gasteiger partial charge in [0, 0.05) is 42.7 Å². The number of hydrogen-bond donors (Lipinski definition) is 0. The quantitative estimate of drug-likeness (QED) is 0.794. The molecular weight excluding hydrogens is 298 g/mol. The predicted molar refractivity (Wildman–Crippen MR) is 89.2 cm³/mol. The third-order valence-corrected chi connectivity index (χ3v) is 5.24. The highest BCUT2D eigenvalue weighted by Crippen LogP contribution is 2.27. The molecule has 0 aliphatic carbocycles. The van der Waals surface area contributed by atoms with E-state index in [-0.39, 0.29) is 11.4 Å². The molecule has 0 atom stereocenters. The van der Waals surface area contributed by atoms with E-state index < -0.39 is 0 Å². The van der Waals surface area contributed by atoms with Crippen molar-refractivity contribution in [1.82, 2.24) is 14.8 Å². The second-order valence-electron chi connectivity index (χ2n) is 6.86. The Morgan fingerprint density at radius 3 is 2.59 bits per heavy atom. The van der Waals surface area contributed by atoms with Gasteiger partial charge in [-0.3, -0.25) is 14.6 Å². The first-order chi connectivity index (χ1) is 10.4. The Labute approximate surface area is 137 Å². The zero-order chi connectivity index (χ0) is 16.2. The summed E-state index contributed by atoms with van der Waals surface area (Å²) in [6, 6.07) is 0. The molecule has 1 aliphatic rings. The standard InChI is InChI=1S/C16H27N3O2S/c1-16(2,3)15-17-10-13(22-15)11-18-6-5-7-19(9-8-18)12-14(20)21-4/h10H,5-9,11-12H2,1-4H3. The second kappa shape index (κ2) is 7.53. The summed E-state index contributed by atoms with van der Waals surface area (Å²) in [7, 11) is 1.45. The van der Waals surface area contributed by atoms with Crippen LogP contribution in [0.5, 0.6) is 0 Å². The number of ether oxygens (including phenoxy) is 1. The van der Waals surface area contributed by atoms with E-state index in [1.807, 2.05) is 17.5 Å². The maximum atomic E-state index is 11.4. The van der Waals surface area contributed by atoms with E-state index in [2.05, 4.69) is 35.6 Å². The summed E-state index contributed by atoms with van der Waals surface area (Å²) >= 11 is 1.81. The number of rotatable bonds is 4. The maximum Gasteiger partial charge on any atom is 0.319 e. The fourth-order valence-corrected chi connectivity index (χ4v) is 3.55. The van der Waals surface area contributed by atoms with Gasteiger partial charge in [0.25, 0.3) is 0 Å². The SMILES string of the molecule is COC(=O)CN1CCCN(Cc2cnc(C(C)(C)C)s2)CC1. The minimum Gasteiger partial charge on any atom is -0.468 e. The lowest BCUT2D eigenvalue weighted by molar-refractivity contribution is -0.141. The molecule has 0 unspecified atom stereocenters. The van der Waals surface area contributed by atoms with Crippen LogP contribution in [-0.4, -0.2) is 60.6 Å². The van der Waals surface area contributed by atoms with Crippen molar-refractivity contribution in [2.45, 2.75) is 39.2 Å². The Balaban J connectivity index is 1.86. The average molecular weight is 325 g/mol. The van der Waals surface area contributed by atoms with E-state index in [1.165, 1.54) is 17.0 Å². The van der Waals surface area contributed by atoms with Gasteiger partial charge in [-0.2, -0.15) is 0 Å². The summed E-state index contributed by atoms with van der Waals surface area (Å²) in [5, 5.41) is 1.20. The van der Waals surface area contributed by atoms with Gasteiger partial charge in [0.15, 0.2) is 0 Å². The number of thiazole rings is 1. The highest BCUT2D eigenvalue weighted by atomic mass is 32.1. The van der Waals surface area contributed by atoms with Gasteiger partial charge in [0.1, 0.15) is 0 Å². The summed E-state index contributed by atoms with van der Waals surface area (Å²) in [6.07, 6.45) is 3.10. The summed E-state index contributed by atoms with van der Waals surface area (Å²) < 4.78 is 4.75. The second-order valence-corrected chi connectivity index (χ2v) is 7.98. The van der Waals surface area contributed by atoms with Crippen molar-refractivity contribution in [1.29, 1.82) is 0 Å². The van der Waals surface area contributed by atoms with Crippen molar-refractivity contribution in [3.8, 4) is 0 Å². The largest absolute Gasteiger partial charge is 0.468 e. The molecule has 22 heavy (non-hydrogen) atoms. The van der Waals surface area contributed by atoms with Crippen LogP contribution in [0, 0.1) is 0 Å². The summed E-state index contributed by atoms with van der Waals surface area (Å²) in [4.78, 5) is 21.9. The minimum absolute atomic E-state index is 0.124. The van der Waals surface area contributed by atoms with Gasteiger partial charge >= 0.3 is 5.97 Å². The third-order valence-electron chi connectivity index (χ3n) is 3.84. The Kier molecular flexibility index (Phi) is 5.94. The molecule has 1 fully saturated rings. The topological polar surface area (TPSA) is 45.7 Å². The number of esters is 1. The number of aromatic nitrogens is 1. The minimum atomic E-state index is -0.147. The van der Waals surface area contributed by atoms with Gasteiger partial charge in [-0.25, -0.2) is 4.98 Å². The first-order valence-corrected chi connectivity index (χ1v) is 8.67. The Hall–Kier alpha value is -0.980. The van der Waals surface area contributed by atoms with E-state index in [1.54, 1.807) is 0 Å². The van der Waals surface area contributed by atoms with Gasteiger partial charge in [0.05, 0.1) is 18.7 Å². The summed E-state index contributed by atoms with van der Waals surface area (Å²) in [5.74, 6) is -0.147. The van der Waals surface area contributed by atoms with Crippen molar-refractivity contribution in [3.05, 3.63) is 16.1 Å². The predicted octanol–water partition coefficient (Wildman–Crippen LogP) is 2.12. The van der Waals surface area contributed by atoms with Crippen LogP contribution in [0.15, 0.2) is 6.20 Å². The molecule has 0 aromatic carbocycles. The third kappa shape index (κ3) is 5.04. The molecule has 0 amide bonds. The van der Waals surface area contributed by atoms with Crippen LogP contribution in [-0.2, 0) is 21.5 Å². The van der Waals surface area contributed by atoms with Crippen molar-refractivity contribution in [2.75, 3.05) is 39.8 Å². The molecule has 0 spiro atoms. The lowest BCUT2D eigenvalue weighted by atomic mass is 9.98. The Morgan fingerprint density at radius 1 is 1.27 bits per heavy atom. The van der Waals surface area contributed by atoms with Crippen LogP contribution in [0.25, 0.3) is 0 Å². The number of carbonyl (C=O) groups excluding carboxylic acids is 1. The molecule has 6 heteroatoms. The highest BCUT2D eigenvalue weighted by Gasteiger charge is 2.20. The van der Waals surface area contributed by atoms with Crippen LogP contribution >= 0.6 is 11.3 Å². The zero-order valence-electron chi connectivity index (χ0n) is 14.1. The Morgan fingerprint density at radius 2 is 1.95 bits per heavy atom. The van der Waals surface area contributed by atoms with Gasteiger partial charge in [-0.15, -0.1) is 11.3 Å². The van der Waals surface area contributed by atoms with Gasteiger partial charge in [-0.1, -0.05) is 20.8 Å². The molecule has 2 rings (SSSR count). The van der Waals surface area contributed by atoms with Crippen LogP contribution in [0.4, 0.5) is 0 Å². The number of nitrogens with zero attached hydrogens (tertiary/aromatic N) is 3. The molecule has 1 aliphatic heterocycles. The zero-order valence-corrected chi connectivity index (χ0v) is 14.9.